The van der Waals surface area contributed by atoms with Gasteiger partial charge in [0.2, 0.25) is 11.8 Å². The number of nitrogens with one attached hydrogen (secondary N) is 1. The maximum atomic E-state index is 14.0. The Morgan fingerprint density at radius 1 is 1.07 bits per heavy atom. The lowest BCUT2D eigenvalue weighted by Crippen LogP contribution is -2.51. The van der Waals surface area contributed by atoms with Gasteiger partial charge in [-0.25, -0.2) is 12.7 Å². The second kappa shape index (κ2) is 11.9. The second-order valence-electron chi connectivity index (χ2n) is 10.1. The van der Waals surface area contributed by atoms with Crippen molar-refractivity contribution >= 4 is 27.7 Å². The fourth-order valence-electron chi connectivity index (χ4n) is 5.36. The molecule has 5 rings (SSSR count). The summed E-state index contributed by atoms with van der Waals surface area (Å²) in [5, 5.41) is 2.92. The standard InChI is InChI=1S/C28H33N3O8S/c1-37-20-8-4-7-19(15-20)26(27(33)29-16-21-9-5-13-38-21)30(17-22-10-6-14-39-22)25(32)18-31-28(34)23-11-2-3-12-24(23)40(31,35)36/h2-4,7-8,11-12,15,21-22,26H,5-6,9-10,13-14,16-18H2,1H3,(H,29,33)/t21-,22+,26+/m1/s1. The van der Waals surface area contributed by atoms with Gasteiger partial charge in [0, 0.05) is 26.3 Å². The van der Waals surface area contributed by atoms with E-state index in [4.69, 9.17) is 14.2 Å². The van der Waals surface area contributed by atoms with E-state index in [0.717, 1.165) is 19.3 Å². The molecule has 0 aromatic heterocycles. The van der Waals surface area contributed by atoms with Crippen LogP contribution < -0.4 is 10.1 Å². The summed E-state index contributed by atoms with van der Waals surface area (Å²) in [6.45, 7) is 0.723. The topological polar surface area (TPSA) is 132 Å². The molecule has 1 N–H and O–H groups in total. The van der Waals surface area contributed by atoms with Crippen molar-refractivity contribution in [3.05, 3.63) is 59.7 Å². The number of rotatable bonds is 10. The van der Waals surface area contributed by atoms with Crippen molar-refractivity contribution in [2.24, 2.45) is 0 Å². The number of hydrogen-bond acceptors (Lipinski definition) is 8. The molecule has 2 saturated heterocycles. The Labute approximate surface area is 233 Å². The molecule has 3 aliphatic rings. The molecular formula is C28H33N3O8S. The van der Waals surface area contributed by atoms with Gasteiger partial charge < -0.3 is 24.4 Å². The van der Waals surface area contributed by atoms with Crippen LogP contribution in [0.25, 0.3) is 0 Å². The molecule has 3 heterocycles. The summed E-state index contributed by atoms with van der Waals surface area (Å²) in [5.74, 6) is -1.43. The van der Waals surface area contributed by atoms with Gasteiger partial charge in [-0.05, 0) is 55.5 Å². The Hall–Kier alpha value is -3.48. The molecule has 0 aliphatic carbocycles. The SMILES string of the molecule is COc1cccc([C@@H](C(=O)NC[C@H]2CCCO2)N(C[C@@H]2CCCO2)C(=O)CN2C(=O)c3ccccc3S2(=O)=O)c1. The highest BCUT2D eigenvalue weighted by Crippen LogP contribution is 2.32. The quantitative estimate of drug-likeness (QED) is 0.458. The maximum Gasteiger partial charge on any atom is 0.269 e. The van der Waals surface area contributed by atoms with Crippen molar-refractivity contribution in [3.8, 4) is 5.75 Å². The summed E-state index contributed by atoms with van der Waals surface area (Å²) >= 11 is 0. The van der Waals surface area contributed by atoms with E-state index in [1.54, 1.807) is 30.3 Å². The number of fused-ring (bicyclic) bond motifs is 1. The first-order chi connectivity index (χ1) is 19.3. The van der Waals surface area contributed by atoms with Gasteiger partial charge in [-0.3, -0.25) is 14.4 Å². The molecule has 0 spiro atoms. The van der Waals surface area contributed by atoms with Crippen molar-refractivity contribution in [1.29, 1.82) is 0 Å². The highest BCUT2D eigenvalue weighted by atomic mass is 32.2. The normalized spacial score (nSPS) is 22.1. The van der Waals surface area contributed by atoms with Crippen LogP contribution in [0.1, 0.15) is 47.6 Å². The summed E-state index contributed by atoms with van der Waals surface area (Å²) in [6.07, 6.45) is 2.74. The van der Waals surface area contributed by atoms with E-state index in [1.807, 2.05) is 0 Å². The number of methoxy groups -OCH3 is 1. The molecule has 0 bridgehead atoms. The molecule has 0 unspecified atom stereocenters. The molecule has 2 aromatic rings. The van der Waals surface area contributed by atoms with Gasteiger partial charge in [0.15, 0.2) is 0 Å². The minimum absolute atomic E-state index is 0.0135. The van der Waals surface area contributed by atoms with Gasteiger partial charge in [-0.1, -0.05) is 24.3 Å². The molecule has 0 saturated carbocycles. The first-order valence-corrected chi connectivity index (χ1v) is 14.8. The number of benzene rings is 2. The molecule has 0 radical (unpaired) electrons. The summed E-state index contributed by atoms with van der Waals surface area (Å²) in [5.41, 5.74) is 0.494. The number of ether oxygens (including phenoxy) is 3. The van der Waals surface area contributed by atoms with E-state index in [-0.39, 0.29) is 35.8 Å². The Kier molecular flexibility index (Phi) is 8.38. The Morgan fingerprint density at radius 3 is 2.48 bits per heavy atom. The number of hydrogen-bond donors (Lipinski definition) is 1. The molecule has 2 aromatic carbocycles. The first kappa shape index (κ1) is 28.1. The Morgan fingerprint density at radius 2 is 1.80 bits per heavy atom. The lowest BCUT2D eigenvalue weighted by Gasteiger charge is -2.34. The largest absolute Gasteiger partial charge is 0.497 e. The lowest BCUT2D eigenvalue weighted by molar-refractivity contribution is -0.142. The summed E-state index contributed by atoms with van der Waals surface area (Å²) in [7, 11) is -2.72. The Bertz CT molecular complexity index is 1370. The van der Waals surface area contributed by atoms with Gasteiger partial charge in [0.25, 0.3) is 15.9 Å². The van der Waals surface area contributed by atoms with Gasteiger partial charge in [-0.15, -0.1) is 0 Å². The van der Waals surface area contributed by atoms with Crippen LogP contribution >= 0.6 is 0 Å². The maximum absolute atomic E-state index is 14.0. The average Bonchev–Trinajstić information content (AvgIpc) is 3.71. The minimum Gasteiger partial charge on any atom is -0.497 e. The third-order valence-electron chi connectivity index (χ3n) is 7.43. The molecule has 214 valence electrons. The van der Waals surface area contributed by atoms with Crippen molar-refractivity contribution < 1.29 is 37.0 Å². The van der Waals surface area contributed by atoms with Crippen LogP contribution in [0.15, 0.2) is 53.4 Å². The van der Waals surface area contributed by atoms with Gasteiger partial charge in [0.05, 0.1) is 24.9 Å². The summed E-state index contributed by atoms with van der Waals surface area (Å²) in [6, 6.07) is 11.5. The highest BCUT2D eigenvalue weighted by Gasteiger charge is 2.44. The number of amides is 3. The van der Waals surface area contributed by atoms with Crippen molar-refractivity contribution in [2.45, 2.75) is 48.8 Å². The van der Waals surface area contributed by atoms with Crippen LogP contribution in [0, 0.1) is 0 Å². The van der Waals surface area contributed by atoms with E-state index < -0.39 is 40.3 Å². The molecule has 40 heavy (non-hydrogen) atoms. The number of nitrogens with zero attached hydrogens (tertiary/aromatic N) is 2. The van der Waals surface area contributed by atoms with Gasteiger partial charge in [0.1, 0.15) is 23.2 Å². The zero-order valence-corrected chi connectivity index (χ0v) is 23.1. The minimum atomic E-state index is -4.23. The highest BCUT2D eigenvalue weighted by molar-refractivity contribution is 7.90. The predicted octanol–water partition coefficient (Wildman–Crippen LogP) is 1.88. The van der Waals surface area contributed by atoms with E-state index in [0.29, 0.717) is 35.3 Å². The van der Waals surface area contributed by atoms with Crippen LogP contribution in [0.2, 0.25) is 0 Å². The van der Waals surface area contributed by atoms with Crippen LogP contribution in [0.5, 0.6) is 5.75 Å². The van der Waals surface area contributed by atoms with Crippen molar-refractivity contribution in [3.63, 3.8) is 0 Å². The number of sulfonamides is 1. The zero-order chi connectivity index (χ0) is 28.3. The molecular weight excluding hydrogens is 538 g/mol. The predicted molar refractivity (Wildman–Crippen MR) is 143 cm³/mol. The number of carbonyl (C=O) groups is 3. The van der Waals surface area contributed by atoms with E-state index in [9.17, 15) is 22.8 Å². The van der Waals surface area contributed by atoms with Crippen LogP contribution in [-0.2, 0) is 29.1 Å². The molecule has 11 nitrogen and oxygen atoms in total. The summed E-state index contributed by atoms with van der Waals surface area (Å²) < 4.78 is 43.8. The zero-order valence-electron chi connectivity index (χ0n) is 22.3. The third-order valence-corrected chi connectivity index (χ3v) is 9.22. The molecule has 3 atom stereocenters. The second-order valence-corrected chi connectivity index (χ2v) is 11.9. The van der Waals surface area contributed by atoms with Crippen LogP contribution in [0.4, 0.5) is 0 Å². The first-order valence-electron chi connectivity index (χ1n) is 13.4. The van der Waals surface area contributed by atoms with Gasteiger partial charge in [-0.2, -0.15) is 0 Å². The van der Waals surface area contributed by atoms with Crippen molar-refractivity contribution in [2.75, 3.05) is 40.0 Å². The lowest BCUT2D eigenvalue weighted by atomic mass is 10.0. The molecule has 2 fully saturated rings. The van der Waals surface area contributed by atoms with E-state index >= 15 is 0 Å². The molecule has 3 amide bonds. The Balaban J connectivity index is 1.47. The van der Waals surface area contributed by atoms with E-state index in [1.165, 1.54) is 30.2 Å². The number of carbonyl (C=O) groups excluding carboxylic acids is 3. The fraction of sp³-hybridized carbons (Fsp3) is 0.464. The van der Waals surface area contributed by atoms with Gasteiger partial charge >= 0.3 is 0 Å². The molecule has 3 aliphatic heterocycles. The monoisotopic (exact) mass is 571 g/mol. The molecule has 12 heteroatoms. The summed E-state index contributed by atoms with van der Waals surface area (Å²) in [4.78, 5) is 42.0. The van der Waals surface area contributed by atoms with Crippen LogP contribution in [0.3, 0.4) is 0 Å². The fourth-order valence-corrected chi connectivity index (χ4v) is 6.88. The smallest absolute Gasteiger partial charge is 0.269 e. The van der Waals surface area contributed by atoms with E-state index in [2.05, 4.69) is 5.32 Å². The van der Waals surface area contributed by atoms with Crippen molar-refractivity contribution in [1.82, 2.24) is 14.5 Å². The third kappa shape index (κ3) is 5.70. The van der Waals surface area contributed by atoms with Crippen LogP contribution in [-0.4, -0.2) is 87.5 Å². The average molecular weight is 572 g/mol.